The highest BCUT2D eigenvalue weighted by Crippen LogP contribution is 2.23. The van der Waals surface area contributed by atoms with Crippen molar-refractivity contribution in [3.63, 3.8) is 0 Å². The van der Waals surface area contributed by atoms with Gasteiger partial charge in [-0.1, -0.05) is 13.8 Å². The molecule has 0 amide bonds. The van der Waals surface area contributed by atoms with Gasteiger partial charge in [0.2, 0.25) is 0 Å². The van der Waals surface area contributed by atoms with Gasteiger partial charge in [0, 0.05) is 30.3 Å². The van der Waals surface area contributed by atoms with E-state index in [1.807, 2.05) is 11.8 Å². The van der Waals surface area contributed by atoms with E-state index in [0.29, 0.717) is 6.04 Å². The number of nitrogens with two attached hydrogens (primary N) is 1. The third-order valence-electron chi connectivity index (χ3n) is 3.35. The molecular weight excluding hydrogens is 220 g/mol. The third kappa shape index (κ3) is 5.53. The lowest BCUT2D eigenvalue weighted by molar-refractivity contribution is 0.0613. The van der Waals surface area contributed by atoms with Crippen molar-refractivity contribution < 1.29 is 4.74 Å². The molecule has 0 saturated carbocycles. The van der Waals surface area contributed by atoms with E-state index in [1.165, 1.54) is 25.7 Å². The molecule has 0 aromatic rings. The molecule has 1 aliphatic rings. The van der Waals surface area contributed by atoms with Gasteiger partial charge in [-0.2, -0.15) is 11.8 Å². The van der Waals surface area contributed by atoms with Gasteiger partial charge < -0.3 is 4.74 Å². The van der Waals surface area contributed by atoms with Crippen LogP contribution in [0.25, 0.3) is 0 Å². The summed E-state index contributed by atoms with van der Waals surface area (Å²) in [5.41, 5.74) is 2.97. The highest BCUT2D eigenvalue weighted by atomic mass is 32.2. The van der Waals surface area contributed by atoms with E-state index in [9.17, 15) is 0 Å². The van der Waals surface area contributed by atoms with Crippen molar-refractivity contribution in [3.8, 4) is 0 Å². The normalized spacial score (nSPS) is 21.9. The molecule has 16 heavy (non-hydrogen) atoms. The molecule has 2 atom stereocenters. The molecule has 3 N–H and O–H groups in total. The fourth-order valence-corrected chi connectivity index (χ4v) is 3.00. The maximum Gasteiger partial charge on any atom is 0.0468 e. The number of hydrazine groups is 1. The van der Waals surface area contributed by atoms with Gasteiger partial charge in [-0.05, 0) is 31.6 Å². The number of thioether (sulfide) groups is 1. The topological polar surface area (TPSA) is 47.3 Å². The molecule has 1 aliphatic heterocycles. The van der Waals surface area contributed by atoms with Crippen LogP contribution in [0, 0.1) is 5.92 Å². The van der Waals surface area contributed by atoms with Gasteiger partial charge in [0.25, 0.3) is 0 Å². The Labute approximate surface area is 104 Å². The Balaban J connectivity index is 2.19. The molecule has 1 fully saturated rings. The summed E-state index contributed by atoms with van der Waals surface area (Å²) in [5, 5.41) is 0.741. The Hall–Kier alpha value is 0.230. The molecule has 0 spiro atoms. The second-order valence-corrected chi connectivity index (χ2v) is 6.18. The number of hydrogen-bond acceptors (Lipinski definition) is 4. The summed E-state index contributed by atoms with van der Waals surface area (Å²) in [4.78, 5) is 0. The third-order valence-corrected chi connectivity index (χ3v) is 4.85. The maximum absolute atomic E-state index is 5.62. The van der Waals surface area contributed by atoms with Gasteiger partial charge in [-0.3, -0.25) is 11.3 Å². The van der Waals surface area contributed by atoms with Crippen LogP contribution in [-0.2, 0) is 4.74 Å². The summed E-state index contributed by atoms with van der Waals surface area (Å²) in [6.07, 6.45) is 4.83. The van der Waals surface area contributed by atoms with E-state index in [4.69, 9.17) is 10.6 Å². The monoisotopic (exact) mass is 246 g/mol. The van der Waals surface area contributed by atoms with Gasteiger partial charge in [0.1, 0.15) is 0 Å². The lowest BCUT2D eigenvalue weighted by atomic mass is 9.93. The zero-order chi connectivity index (χ0) is 11.8. The quantitative estimate of drug-likeness (QED) is 0.534. The van der Waals surface area contributed by atoms with Gasteiger partial charge >= 0.3 is 0 Å². The molecule has 2 unspecified atom stereocenters. The van der Waals surface area contributed by atoms with E-state index in [2.05, 4.69) is 19.3 Å². The van der Waals surface area contributed by atoms with Gasteiger partial charge in [-0.25, -0.2) is 0 Å². The van der Waals surface area contributed by atoms with Crippen LogP contribution < -0.4 is 11.3 Å². The predicted molar refractivity (Wildman–Crippen MR) is 71.5 cm³/mol. The molecule has 3 nitrogen and oxygen atoms in total. The smallest absolute Gasteiger partial charge is 0.0468 e. The first kappa shape index (κ1) is 14.3. The average molecular weight is 246 g/mol. The summed E-state index contributed by atoms with van der Waals surface area (Å²) < 4.78 is 5.37. The van der Waals surface area contributed by atoms with Crippen LogP contribution in [0.3, 0.4) is 0 Å². The molecule has 0 aliphatic carbocycles. The first-order chi connectivity index (χ1) is 7.76. The van der Waals surface area contributed by atoms with Gasteiger partial charge in [0.05, 0.1) is 0 Å². The van der Waals surface area contributed by atoms with E-state index in [-0.39, 0.29) is 0 Å². The molecular formula is C12H26N2OS. The van der Waals surface area contributed by atoms with E-state index >= 15 is 0 Å². The molecule has 0 radical (unpaired) electrons. The summed E-state index contributed by atoms with van der Waals surface area (Å²) in [7, 11) is 0. The largest absolute Gasteiger partial charge is 0.381 e. The Kier molecular flexibility index (Phi) is 7.45. The Morgan fingerprint density at radius 3 is 2.69 bits per heavy atom. The molecule has 1 rings (SSSR count). The van der Waals surface area contributed by atoms with Crippen molar-refractivity contribution in [2.75, 3.05) is 19.0 Å². The highest BCUT2D eigenvalue weighted by molar-refractivity contribution is 7.99. The van der Waals surface area contributed by atoms with Crippen LogP contribution >= 0.6 is 11.8 Å². The average Bonchev–Trinajstić information content (AvgIpc) is 2.35. The van der Waals surface area contributed by atoms with Crippen molar-refractivity contribution in [2.24, 2.45) is 11.8 Å². The second-order valence-electron chi connectivity index (χ2n) is 4.71. The van der Waals surface area contributed by atoms with Crippen LogP contribution in [0.2, 0.25) is 0 Å². The molecule has 1 saturated heterocycles. The van der Waals surface area contributed by atoms with E-state index < -0.39 is 0 Å². The van der Waals surface area contributed by atoms with Crippen molar-refractivity contribution in [1.29, 1.82) is 0 Å². The van der Waals surface area contributed by atoms with Crippen LogP contribution in [0.1, 0.15) is 39.5 Å². The second kappa shape index (κ2) is 8.34. The number of hydrogen-bond donors (Lipinski definition) is 2. The zero-order valence-electron chi connectivity index (χ0n) is 10.6. The molecule has 1 heterocycles. The first-order valence-electron chi connectivity index (χ1n) is 6.41. The number of nitrogens with one attached hydrogen (secondary N) is 1. The van der Waals surface area contributed by atoms with Crippen LogP contribution in [0.5, 0.6) is 0 Å². The Morgan fingerprint density at radius 1 is 1.44 bits per heavy atom. The summed E-state index contributed by atoms with van der Waals surface area (Å²) >= 11 is 2.02. The van der Waals surface area contributed by atoms with Crippen molar-refractivity contribution >= 4 is 11.8 Å². The Morgan fingerprint density at radius 2 is 2.12 bits per heavy atom. The highest BCUT2D eigenvalue weighted by Gasteiger charge is 2.19. The van der Waals surface area contributed by atoms with E-state index in [0.717, 1.165) is 30.1 Å². The zero-order valence-corrected chi connectivity index (χ0v) is 11.4. The fourth-order valence-electron chi connectivity index (χ4n) is 1.97. The molecule has 96 valence electrons. The minimum atomic E-state index is 0.460. The van der Waals surface area contributed by atoms with Crippen molar-refractivity contribution in [2.45, 2.75) is 50.8 Å². The summed E-state index contributed by atoms with van der Waals surface area (Å²) in [5.74, 6) is 7.55. The lowest BCUT2D eigenvalue weighted by Gasteiger charge is -2.26. The summed E-state index contributed by atoms with van der Waals surface area (Å²) in [6, 6.07) is 0.460. The first-order valence-corrected chi connectivity index (χ1v) is 7.46. The van der Waals surface area contributed by atoms with Crippen LogP contribution in [0.15, 0.2) is 0 Å². The molecule has 0 aromatic carbocycles. The SMILES string of the molecule is CCC(C)SCC(CC1CCOCC1)NN. The molecule has 4 heteroatoms. The lowest BCUT2D eigenvalue weighted by Crippen LogP contribution is -2.39. The summed E-state index contributed by atoms with van der Waals surface area (Å²) in [6.45, 7) is 6.38. The minimum Gasteiger partial charge on any atom is -0.381 e. The van der Waals surface area contributed by atoms with Crippen LogP contribution in [-0.4, -0.2) is 30.3 Å². The van der Waals surface area contributed by atoms with Crippen LogP contribution in [0.4, 0.5) is 0 Å². The maximum atomic E-state index is 5.62. The Bertz CT molecular complexity index is 174. The fraction of sp³-hybridized carbons (Fsp3) is 1.00. The van der Waals surface area contributed by atoms with E-state index in [1.54, 1.807) is 0 Å². The standard InChI is InChI=1S/C12H26N2OS/c1-3-10(2)16-9-12(14-13)8-11-4-6-15-7-5-11/h10-12,14H,3-9,13H2,1-2H3. The van der Waals surface area contributed by atoms with Crippen molar-refractivity contribution in [3.05, 3.63) is 0 Å². The molecule has 0 bridgehead atoms. The number of ether oxygens (including phenoxy) is 1. The predicted octanol–water partition coefficient (Wildman–Crippen LogP) is 2.17. The molecule has 0 aromatic heterocycles. The van der Waals surface area contributed by atoms with Gasteiger partial charge in [-0.15, -0.1) is 0 Å². The minimum absolute atomic E-state index is 0.460. The van der Waals surface area contributed by atoms with Crippen molar-refractivity contribution in [1.82, 2.24) is 5.43 Å². The van der Waals surface area contributed by atoms with Gasteiger partial charge in [0.15, 0.2) is 0 Å². The number of rotatable bonds is 7.